The zero-order chi connectivity index (χ0) is 14.6. The van der Waals surface area contributed by atoms with Gasteiger partial charge in [-0.25, -0.2) is 0 Å². The Bertz CT molecular complexity index is 433. The summed E-state index contributed by atoms with van der Waals surface area (Å²) in [5.74, 6) is -2.58. The van der Waals surface area contributed by atoms with Crippen molar-refractivity contribution in [1.29, 1.82) is 0 Å². The number of aliphatic carboxylic acids is 2. The predicted octanol–water partition coefficient (Wildman–Crippen LogP) is -0.566. The number of hydrogen-bond acceptors (Lipinski definition) is 4. The van der Waals surface area contributed by atoms with E-state index in [0.29, 0.717) is 17.3 Å². The lowest BCUT2D eigenvalue weighted by Gasteiger charge is -2.33. The largest absolute Gasteiger partial charge is 0.480 e. The summed E-state index contributed by atoms with van der Waals surface area (Å²) in [5, 5.41) is 17.4. The van der Waals surface area contributed by atoms with Crippen molar-refractivity contribution in [3.63, 3.8) is 0 Å². The Kier molecular flexibility index (Phi) is 5.27. The molecule has 1 unspecified atom stereocenters. The van der Waals surface area contributed by atoms with Crippen LogP contribution in [0.5, 0.6) is 0 Å². The van der Waals surface area contributed by atoms with Crippen molar-refractivity contribution in [2.45, 2.75) is 19.8 Å². The van der Waals surface area contributed by atoms with E-state index in [1.54, 1.807) is 0 Å². The van der Waals surface area contributed by atoms with E-state index in [-0.39, 0.29) is 12.5 Å². The zero-order valence-corrected chi connectivity index (χ0v) is 11.5. The second kappa shape index (κ2) is 6.31. The molecular formula is C10H18N2O6S. The molecule has 0 bridgehead atoms. The second-order valence-electron chi connectivity index (χ2n) is 4.67. The number of piperidine rings is 1. The smallest absolute Gasteiger partial charge is 0.318 e. The zero-order valence-electron chi connectivity index (χ0n) is 10.7. The maximum absolute atomic E-state index is 12.2. The van der Waals surface area contributed by atoms with E-state index < -0.39 is 35.2 Å². The Hall–Kier alpha value is -1.19. The molecule has 1 atom stereocenters. The van der Waals surface area contributed by atoms with Crippen LogP contribution in [0.15, 0.2) is 0 Å². The first kappa shape index (κ1) is 15.9. The number of carboxylic acids is 2. The summed E-state index contributed by atoms with van der Waals surface area (Å²) in [6, 6.07) is 0. The number of hydrogen-bond donors (Lipinski definition) is 2. The number of carboxylic acid groups (broad SMARTS) is 2. The fraction of sp³-hybridized carbons (Fsp3) is 0.800. The van der Waals surface area contributed by atoms with Crippen molar-refractivity contribution in [3.8, 4) is 0 Å². The van der Waals surface area contributed by atoms with Crippen LogP contribution in [0.1, 0.15) is 19.8 Å². The average Bonchev–Trinajstić information content (AvgIpc) is 2.26. The molecule has 0 amide bonds. The highest BCUT2D eigenvalue weighted by atomic mass is 32.2. The van der Waals surface area contributed by atoms with Crippen LogP contribution in [0.2, 0.25) is 0 Å². The molecule has 8 nitrogen and oxygen atoms in total. The van der Waals surface area contributed by atoms with E-state index in [9.17, 15) is 18.0 Å². The molecule has 0 aromatic rings. The Balaban J connectivity index is 2.90. The van der Waals surface area contributed by atoms with Gasteiger partial charge in [0.15, 0.2) is 0 Å². The molecule has 1 rings (SSSR count). The van der Waals surface area contributed by atoms with E-state index in [2.05, 4.69) is 0 Å². The average molecular weight is 294 g/mol. The second-order valence-corrected chi connectivity index (χ2v) is 6.60. The molecule has 1 aliphatic rings. The fourth-order valence-corrected chi connectivity index (χ4v) is 3.72. The van der Waals surface area contributed by atoms with Crippen LogP contribution in [-0.4, -0.2) is 65.4 Å². The molecule has 1 saturated heterocycles. The lowest BCUT2D eigenvalue weighted by atomic mass is 10.0. The minimum absolute atomic E-state index is 0.181. The minimum atomic E-state index is -4.04. The van der Waals surface area contributed by atoms with Crippen LogP contribution in [0.4, 0.5) is 0 Å². The topological polar surface area (TPSA) is 115 Å². The molecule has 1 heterocycles. The van der Waals surface area contributed by atoms with Gasteiger partial charge in [-0.05, 0) is 18.8 Å². The number of rotatable bonds is 6. The Labute approximate surface area is 111 Å². The fourth-order valence-electron chi connectivity index (χ4n) is 2.04. The highest BCUT2D eigenvalue weighted by Crippen LogP contribution is 2.20. The third-order valence-corrected chi connectivity index (χ3v) is 4.79. The summed E-state index contributed by atoms with van der Waals surface area (Å²) in [6.45, 7) is 0.792. The van der Waals surface area contributed by atoms with Crippen LogP contribution < -0.4 is 0 Å². The molecule has 1 aliphatic heterocycles. The van der Waals surface area contributed by atoms with Crippen LogP contribution in [0, 0.1) is 5.92 Å². The molecule has 1 fully saturated rings. The van der Waals surface area contributed by atoms with Crippen LogP contribution in [-0.2, 0) is 19.8 Å². The van der Waals surface area contributed by atoms with E-state index in [0.717, 1.165) is 10.7 Å². The van der Waals surface area contributed by atoms with Crippen molar-refractivity contribution in [2.75, 3.05) is 26.2 Å². The van der Waals surface area contributed by atoms with Gasteiger partial charge in [0, 0.05) is 13.1 Å². The van der Waals surface area contributed by atoms with E-state index in [1.165, 1.54) is 0 Å². The van der Waals surface area contributed by atoms with Crippen molar-refractivity contribution in [1.82, 2.24) is 8.61 Å². The molecule has 0 saturated carbocycles. The van der Waals surface area contributed by atoms with Crippen LogP contribution in [0.3, 0.4) is 0 Å². The summed E-state index contributed by atoms with van der Waals surface area (Å²) in [4.78, 5) is 21.3. The van der Waals surface area contributed by atoms with Gasteiger partial charge in [0.1, 0.15) is 13.1 Å². The molecule has 2 N–H and O–H groups in total. The molecular weight excluding hydrogens is 276 g/mol. The van der Waals surface area contributed by atoms with Gasteiger partial charge < -0.3 is 10.2 Å². The van der Waals surface area contributed by atoms with E-state index in [1.807, 2.05) is 6.92 Å². The van der Waals surface area contributed by atoms with Crippen molar-refractivity contribution in [2.24, 2.45) is 5.92 Å². The maximum atomic E-state index is 12.2. The predicted molar refractivity (Wildman–Crippen MR) is 65.7 cm³/mol. The first-order valence-electron chi connectivity index (χ1n) is 5.92. The third-order valence-electron chi connectivity index (χ3n) is 2.90. The Morgan fingerprint density at radius 1 is 1.26 bits per heavy atom. The first-order chi connectivity index (χ1) is 8.73. The summed E-state index contributed by atoms with van der Waals surface area (Å²) in [7, 11) is -4.04. The standard InChI is InChI=1S/C10H18N2O6S/c1-8-3-2-4-11(5-8)19(17,18)12(6-9(13)14)7-10(15)16/h8H,2-7H2,1H3,(H,13,14)(H,15,16). The van der Waals surface area contributed by atoms with Gasteiger partial charge in [0.25, 0.3) is 10.2 Å². The van der Waals surface area contributed by atoms with Crippen LogP contribution in [0.25, 0.3) is 0 Å². The SMILES string of the molecule is CC1CCCN(S(=O)(=O)N(CC(=O)O)CC(=O)O)C1. The normalized spacial score (nSPS) is 21.5. The van der Waals surface area contributed by atoms with Crippen molar-refractivity contribution >= 4 is 22.1 Å². The van der Waals surface area contributed by atoms with Gasteiger partial charge in [0.2, 0.25) is 0 Å². The molecule has 0 aromatic heterocycles. The van der Waals surface area contributed by atoms with Gasteiger partial charge in [-0.1, -0.05) is 6.92 Å². The quantitative estimate of drug-likeness (QED) is 0.678. The molecule has 0 aliphatic carbocycles. The lowest BCUT2D eigenvalue weighted by Crippen LogP contribution is -2.50. The van der Waals surface area contributed by atoms with Gasteiger partial charge in [-0.15, -0.1) is 0 Å². The Morgan fingerprint density at radius 2 is 1.79 bits per heavy atom. The summed E-state index contributed by atoms with van der Waals surface area (Å²) < 4.78 is 26.1. The number of nitrogens with zero attached hydrogens (tertiary/aromatic N) is 2. The monoisotopic (exact) mass is 294 g/mol. The van der Waals surface area contributed by atoms with Gasteiger partial charge in [-0.2, -0.15) is 17.0 Å². The maximum Gasteiger partial charge on any atom is 0.318 e. The summed E-state index contributed by atoms with van der Waals surface area (Å²) >= 11 is 0. The summed E-state index contributed by atoms with van der Waals surface area (Å²) in [6.07, 6.45) is 1.60. The van der Waals surface area contributed by atoms with E-state index >= 15 is 0 Å². The molecule has 9 heteroatoms. The highest BCUT2D eigenvalue weighted by Gasteiger charge is 2.34. The van der Waals surface area contributed by atoms with Crippen LogP contribution >= 0.6 is 0 Å². The molecule has 110 valence electrons. The third kappa shape index (κ3) is 4.44. The van der Waals surface area contributed by atoms with E-state index in [4.69, 9.17) is 10.2 Å². The lowest BCUT2D eigenvalue weighted by molar-refractivity contribution is -0.139. The van der Waals surface area contributed by atoms with Crippen molar-refractivity contribution in [3.05, 3.63) is 0 Å². The number of carbonyl (C=O) groups is 2. The molecule has 0 radical (unpaired) electrons. The highest BCUT2D eigenvalue weighted by molar-refractivity contribution is 7.86. The van der Waals surface area contributed by atoms with Gasteiger partial charge in [-0.3, -0.25) is 9.59 Å². The molecule has 19 heavy (non-hydrogen) atoms. The Morgan fingerprint density at radius 3 is 2.21 bits per heavy atom. The van der Waals surface area contributed by atoms with Gasteiger partial charge >= 0.3 is 11.9 Å². The van der Waals surface area contributed by atoms with Crippen molar-refractivity contribution < 1.29 is 28.2 Å². The molecule has 0 spiro atoms. The molecule has 0 aromatic carbocycles. The first-order valence-corrected chi connectivity index (χ1v) is 7.32. The van der Waals surface area contributed by atoms with Gasteiger partial charge in [0.05, 0.1) is 0 Å². The minimum Gasteiger partial charge on any atom is -0.480 e. The summed E-state index contributed by atoms with van der Waals surface area (Å²) in [5.41, 5.74) is 0.